The number of urea groups is 1. The van der Waals surface area contributed by atoms with Crippen LogP contribution in [0.3, 0.4) is 0 Å². The Morgan fingerprint density at radius 1 is 1.41 bits per heavy atom. The van der Waals surface area contributed by atoms with Crippen molar-refractivity contribution >= 4 is 6.03 Å². The molecule has 0 unspecified atom stereocenters. The molecule has 0 radical (unpaired) electrons. The van der Waals surface area contributed by atoms with Crippen LogP contribution in [0.25, 0.3) is 0 Å². The minimum atomic E-state index is -0.0310. The SMILES string of the molecule is CCc1nnc([C@@H]2CC[C@@H]3CN2C(=O)N3C)o1. The summed E-state index contributed by atoms with van der Waals surface area (Å²) in [5.74, 6) is 1.23. The van der Waals surface area contributed by atoms with Crippen molar-refractivity contribution in [2.45, 2.75) is 38.3 Å². The van der Waals surface area contributed by atoms with Gasteiger partial charge in [-0.1, -0.05) is 6.92 Å². The highest BCUT2D eigenvalue weighted by Crippen LogP contribution is 2.36. The maximum Gasteiger partial charge on any atom is 0.320 e. The quantitative estimate of drug-likeness (QED) is 0.774. The lowest BCUT2D eigenvalue weighted by Gasteiger charge is -2.27. The van der Waals surface area contributed by atoms with Gasteiger partial charge in [0, 0.05) is 20.0 Å². The first-order valence-corrected chi connectivity index (χ1v) is 6.06. The molecule has 0 aliphatic carbocycles. The number of hydrogen-bond donors (Lipinski definition) is 0. The topological polar surface area (TPSA) is 62.5 Å². The van der Waals surface area contributed by atoms with Gasteiger partial charge >= 0.3 is 6.03 Å². The number of hydrogen-bond acceptors (Lipinski definition) is 4. The Morgan fingerprint density at radius 3 is 2.94 bits per heavy atom. The highest BCUT2D eigenvalue weighted by molar-refractivity contribution is 5.77. The maximum atomic E-state index is 12.0. The van der Waals surface area contributed by atoms with Gasteiger partial charge in [-0.25, -0.2) is 4.79 Å². The summed E-state index contributed by atoms with van der Waals surface area (Å²) in [5, 5.41) is 8.03. The largest absolute Gasteiger partial charge is 0.423 e. The Morgan fingerprint density at radius 2 is 2.24 bits per heavy atom. The van der Waals surface area contributed by atoms with Gasteiger partial charge in [0.2, 0.25) is 11.8 Å². The molecule has 0 N–H and O–H groups in total. The first-order valence-electron chi connectivity index (χ1n) is 6.06. The highest BCUT2D eigenvalue weighted by Gasteiger charge is 2.44. The van der Waals surface area contributed by atoms with Gasteiger partial charge in [-0.05, 0) is 12.8 Å². The maximum absolute atomic E-state index is 12.0. The average molecular weight is 236 g/mol. The standard InChI is InChI=1S/C11H16N4O2/c1-3-9-12-13-10(17-9)8-5-4-7-6-15(8)11(16)14(7)2/h7-8H,3-6H2,1-2H3/t7-,8+/m1/s1. The van der Waals surface area contributed by atoms with Crippen LogP contribution < -0.4 is 0 Å². The van der Waals surface area contributed by atoms with E-state index in [2.05, 4.69) is 10.2 Å². The molecule has 1 aromatic heterocycles. The van der Waals surface area contributed by atoms with E-state index in [1.165, 1.54) is 0 Å². The Hall–Kier alpha value is -1.59. The smallest absolute Gasteiger partial charge is 0.320 e. The number of rotatable bonds is 2. The van der Waals surface area contributed by atoms with E-state index in [1.54, 1.807) is 0 Å². The number of nitrogens with zero attached hydrogens (tertiary/aromatic N) is 4. The fraction of sp³-hybridized carbons (Fsp3) is 0.727. The van der Waals surface area contributed by atoms with Crippen molar-refractivity contribution in [2.75, 3.05) is 13.6 Å². The van der Waals surface area contributed by atoms with Crippen LogP contribution in [-0.4, -0.2) is 45.7 Å². The van der Waals surface area contributed by atoms with Crippen LogP contribution in [0.5, 0.6) is 0 Å². The second-order valence-corrected chi connectivity index (χ2v) is 4.68. The summed E-state index contributed by atoms with van der Waals surface area (Å²) in [7, 11) is 1.86. The van der Waals surface area contributed by atoms with Crippen LogP contribution in [0.4, 0.5) is 4.79 Å². The number of aromatic nitrogens is 2. The molecule has 3 rings (SSSR count). The van der Waals surface area contributed by atoms with Crippen LogP contribution in [0, 0.1) is 0 Å². The molecule has 2 saturated heterocycles. The Labute approximate surface area is 99.6 Å². The summed E-state index contributed by atoms with van der Waals surface area (Å²) >= 11 is 0. The van der Waals surface area contributed by atoms with Gasteiger partial charge < -0.3 is 14.2 Å². The molecule has 2 amide bonds. The molecular weight excluding hydrogens is 220 g/mol. The highest BCUT2D eigenvalue weighted by atomic mass is 16.4. The summed E-state index contributed by atoms with van der Waals surface area (Å²) in [6, 6.07) is 0.401. The van der Waals surface area contributed by atoms with E-state index >= 15 is 0 Å². The molecule has 2 fully saturated rings. The van der Waals surface area contributed by atoms with Gasteiger partial charge in [0.05, 0.1) is 6.04 Å². The lowest BCUT2D eigenvalue weighted by molar-refractivity contribution is 0.166. The molecule has 2 atom stereocenters. The Bertz CT molecular complexity index is 444. The molecule has 0 aromatic carbocycles. The second kappa shape index (κ2) is 3.72. The molecule has 3 heterocycles. The molecule has 0 saturated carbocycles. The van der Waals surface area contributed by atoms with Crippen molar-refractivity contribution in [1.82, 2.24) is 20.0 Å². The predicted octanol–water partition coefficient (Wildman–Crippen LogP) is 1.20. The van der Waals surface area contributed by atoms with Gasteiger partial charge in [0.1, 0.15) is 6.04 Å². The average Bonchev–Trinajstić information content (AvgIpc) is 2.91. The van der Waals surface area contributed by atoms with Crippen LogP contribution in [0.15, 0.2) is 4.42 Å². The van der Waals surface area contributed by atoms with Gasteiger partial charge in [-0.15, -0.1) is 10.2 Å². The number of carbonyl (C=O) groups is 1. The lowest BCUT2D eigenvalue weighted by atomic mass is 10.0. The van der Waals surface area contributed by atoms with Crippen molar-refractivity contribution < 1.29 is 9.21 Å². The van der Waals surface area contributed by atoms with Gasteiger partial charge in [-0.3, -0.25) is 0 Å². The third-order valence-corrected chi connectivity index (χ3v) is 3.72. The van der Waals surface area contributed by atoms with Crippen molar-refractivity contribution in [2.24, 2.45) is 0 Å². The Kier molecular flexibility index (Phi) is 2.31. The molecule has 2 aliphatic rings. The summed E-state index contributed by atoms with van der Waals surface area (Å²) in [5.41, 5.74) is 0. The first kappa shape index (κ1) is 10.6. The second-order valence-electron chi connectivity index (χ2n) is 4.68. The van der Waals surface area contributed by atoms with E-state index in [9.17, 15) is 4.79 Å². The molecule has 2 aliphatic heterocycles. The molecule has 1 aromatic rings. The zero-order valence-corrected chi connectivity index (χ0v) is 10.1. The number of carbonyl (C=O) groups excluding carboxylic acids is 1. The van der Waals surface area contributed by atoms with Crippen molar-refractivity contribution in [3.05, 3.63) is 11.8 Å². The van der Waals surface area contributed by atoms with Crippen LogP contribution >= 0.6 is 0 Å². The van der Waals surface area contributed by atoms with Crippen LogP contribution in [0.1, 0.15) is 37.6 Å². The summed E-state index contributed by atoms with van der Waals surface area (Å²) in [6.45, 7) is 2.76. The van der Waals surface area contributed by atoms with Crippen LogP contribution in [-0.2, 0) is 6.42 Å². The van der Waals surface area contributed by atoms with E-state index in [-0.39, 0.29) is 12.1 Å². The Balaban J connectivity index is 1.87. The van der Waals surface area contributed by atoms with E-state index in [1.807, 2.05) is 23.8 Å². The van der Waals surface area contributed by atoms with E-state index < -0.39 is 0 Å². The predicted molar refractivity (Wildman–Crippen MR) is 59.3 cm³/mol. The molecule has 17 heavy (non-hydrogen) atoms. The number of fused-ring (bicyclic) bond motifs is 2. The number of aryl methyl sites for hydroxylation is 1. The lowest BCUT2D eigenvalue weighted by Crippen LogP contribution is -2.34. The molecule has 92 valence electrons. The number of piperidine rings is 1. The third kappa shape index (κ3) is 1.50. The van der Waals surface area contributed by atoms with E-state index in [4.69, 9.17) is 4.42 Å². The summed E-state index contributed by atoms with van der Waals surface area (Å²) in [4.78, 5) is 15.7. The van der Waals surface area contributed by atoms with E-state index in [0.717, 1.165) is 25.8 Å². The zero-order chi connectivity index (χ0) is 12.0. The minimum absolute atomic E-state index is 0.0310. The van der Waals surface area contributed by atoms with Crippen LogP contribution in [0.2, 0.25) is 0 Å². The minimum Gasteiger partial charge on any atom is -0.423 e. The van der Waals surface area contributed by atoms with Crippen molar-refractivity contribution in [3.8, 4) is 0 Å². The summed E-state index contributed by atoms with van der Waals surface area (Å²) < 4.78 is 5.57. The fourth-order valence-electron chi connectivity index (χ4n) is 2.64. The molecule has 6 heteroatoms. The summed E-state index contributed by atoms with van der Waals surface area (Å²) in [6.07, 6.45) is 2.65. The van der Waals surface area contributed by atoms with Gasteiger partial charge in [-0.2, -0.15) is 0 Å². The third-order valence-electron chi connectivity index (χ3n) is 3.72. The van der Waals surface area contributed by atoms with E-state index in [0.29, 0.717) is 17.8 Å². The fourth-order valence-corrected chi connectivity index (χ4v) is 2.64. The number of amides is 2. The normalized spacial score (nSPS) is 28.0. The number of likely N-dealkylation sites (N-methyl/N-ethyl adjacent to an activating group) is 1. The molecule has 6 nitrogen and oxygen atoms in total. The van der Waals surface area contributed by atoms with Crippen molar-refractivity contribution in [3.63, 3.8) is 0 Å². The molecule has 2 bridgehead atoms. The molecule has 0 spiro atoms. The monoisotopic (exact) mass is 236 g/mol. The first-order chi connectivity index (χ1) is 8.20. The van der Waals surface area contributed by atoms with Gasteiger partial charge in [0.15, 0.2) is 0 Å². The van der Waals surface area contributed by atoms with Crippen molar-refractivity contribution in [1.29, 1.82) is 0 Å². The molecular formula is C11H16N4O2. The van der Waals surface area contributed by atoms with Gasteiger partial charge in [0.25, 0.3) is 0 Å². The zero-order valence-electron chi connectivity index (χ0n) is 10.1.